The molecule has 1 saturated carbocycles. The van der Waals surface area contributed by atoms with Crippen molar-refractivity contribution in [2.24, 2.45) is 10.1 Å². The zero-order chi connectivity index (χ0) is 17.9. The summed E-state index contributed by atoms with van der Waals surface area (Å²) in [4.78, 5) is 10.9. The van der Waals surface area contributed by atoms with E-state index in [9.17, 15) is 4.39 Å². The molecular formula is C18H21FN6S. The molecule has 2 N–H and O–H groups in total. The van der Waals surface area contributed by atoms with Gasteiger partial charge >= 0.3 is 0 Å². The number of anilines is 1. The fourth-order valence-electron chi connectivity index (χ4n) is 3.69. The second kappa shape index (κ2) is 7.60. The summed E-state index contributed by atoms with van der Waals surface area (Å²) < 4.78 is 14.1. The van der Waals surface area contributed by atoms with Crippen LogP contribution in [0.4, 0.5) is 10.1 Å². The number of hydrogen-bond acceptors (Lipinski definition) is 4. The van der Waals surface area contributed by atoms with Crippen molar-refractivity contribution in [1.82, 2.24) is 4.98 Å². The van der Waals surface area contributed by atoms with Gasteiger partial charge in [-0.2, -0.15) is 0 Å². The number of fused-ring (bicyclic) bond motifs is 1. The Bertz CT molecular complexity index is 879. The third kappa shape index (κ3) is 3.66. The second-order valence-corrected chi connectivity index (χ2v) is 7.88. The first-order valence-corrected chi connectivity index (χ1v) is 10.0. The Morgan fingerprint density at radius 1 is 1.35 bits per heavy atom. The average Bonchev–Trinajstić information content (AvgIpc) is 3.34. The maximum Gasteiger partial charge on any atom is 0.126 e. The molecule has 1 aliphatic heterocycles. The molecule has 1 aromatic carbocycles. The molecule has 1 atom stereocenters. The van der Waals surface area contributed by atoms with E-state index in [0.717, 1.165) is 52.3 Å². The third-order valence-electron chi connectivity index (χ3n) is 4.98. The molecule has 4 rings (SSSR count). The summed E-state index contributed by atoms with van der Waals surface area (Å²) in [6.45, 7) is 0.464. The number of halogens is 1. The van der Waals surface area contributed by atoms with Crippen molar-refractivity contribution in [2.75, 3.05) is 17.6 Å². The molecule has 2 aliphatic rings. The van der Waals surface area contributed by atoms with Crippen molar-refractivity contribution in [3.8, 4) is 0 Å². The van der Waals surface area contributed by atoms with Crippen LogP contribution >= 0.6 is 11.8 Å². The van der Waals surface area contributed by atoms with Gasteiger partial charge in [-0.3, -0.25) is 4.99 Å². The molecule has 8 heteroatoms. The highest BCUT2D eigenvalue weighted by Crippen LogP contribution is 2.32. The number of benzene rings is 1. The molecule has 0 amide bonds. The first-order chi connectivity index (χ1) is 12.7. The maximum atomic E-state index is 14.1. The lowest BCUT2D eigenvalue weighted by Gasteiger charge is -2.14. The van der Waals surface area contributed by atoms with Gasteiger partial charge in [0.25, 0.3) is 0 Å². The van der Waals surface area contributed by atoms with Crippen molar-refractivity contribution in [1.29, 1.82) is 0 Å². The molecule has 1 aliphatic carbocycles. The Morgan fingerprint density at radius 2 is 2.19 bits per heavy atom. The van der Waals surface area contributed by atoms with Crippen LogP contribution in [0.2, 0.25) is 0 Å². The summed E-state index contributed by atoms with van der Waals surface area (Å²) >= 11 is 1.69. The maximum absolute atomic E-state index is 14.1. The van der Waals surface area contributed by atoms with E-state index in [4.69, 9.17) is 10.5 Å². The minimum atomic E-state index is -0.225. The highest BCUT2D eigenvalue weighted by molar-refractivity contribution is 8.14. The summed E-state index contributed by atoms with van der Waals surface area (Å²) in [6.07, 6.45) is 5.50. The minimum absolute atomic E-state index is 0.166. The first-order valence-electron chi connectivity index (χ1n) is 9.03. The van der Waals surface area contributed by atoms with E-state index in [1.165, 1.54) is 12.8 Å². The monoisotopic (exact) mass is 372 g/mol. The summed E-state index contributed by atoms with van der Waals surface area (Å²) in [5.74, 6) is 0.657. The number of H-pyrrole nitrogens is 1. The molecule has 0 unspecified atom stereocenters. The first kappa shape index (κ1) is 17.2. The number of nitrogens with zero attached hydrogens (tertiary/aromatic N) is 4. The van der Waals surface area contributed by atoms with E-state index in [1.807, 2.05) is 6.07 Å². The molecule has 26 heavy (non-hydrogen) atoms. The van der Waals surface area contributed by atoms with E-state index in [1.54, 1.807) is 23.9 Å². The normalized spacial score (nSPS) is 20.3. The zero-order valence-corrected chi connectivity index (χ0v) is 15.2. The van der Waals surface area contributed by atoms with Gasteiger partial charge in [0.1, 0.15) is 10.9 Å². The molecule has 0 spiro atoms. The Hall–Kier alpha value is -2.18. The van der Waals surface area contributed by atoms with Gasteiger partial charge in [-0.15, -0.1) is 11.8 Å². The largest absolute Gasteiger partial charge is 0.381 e. The molecule has 6 nitrogen and oxygen atoms in total. The Morgan fingerprint density at radius 3 is 3.00 bits per heavy atom. The molecule has 1 aromatic heterocycles. The number of hydrogen-bond donors (Lipinski definition) is 2. The van der Waals surface area contributed by atoms with E-state index >= 15 is 0 Å². The van der Waals surface area contributed by atoms with Crippen LogP contribution in [0.1, 0.15) is 37.8 Å². The van der Waals surface area contributed by atoms with Crippen molar-refractivity contribution < 1.29 is 4.39 Å². The fourth-order valence-corrected chi connectivity index (χ4v) is 4.77. The smallest absolute Gasteiger partial charge is 0.126 e. The van der Waals surface area contributed by atoms with Crippen molar-refractivity contribution in [2.45, 2.75) is 44.2 Å². The quantitative estimate of drug-likeness (QED) is 0.413. The topological polar surface area (TPSA) is 88.9 Å². The molecule has 1 fully saturated rings. The molecule has 0 saturated heterocycles. The zero-order valence-electron chi connectivity index (χ0n) is 14.4. The summed E-state index contributed by atoms with van der Waals surface area (Å²) in [5.41, 5.74) is 11.1. The SMILES string of the molecule is [N-]=[N+]=NCC[C@@H]1CSC(c2cc3cc(F)cc(NC4CCCC4)c3[nH]2)=N1. The predicted octanol–water partition coefficient (Wildman–Crippen LogP) is 5.22. The van der Waals surface area contributed by atoms with Crippen LogP contribution in [-0.2, 0) is 0 Å². The molecule has 2 heterocycles. The van der Waals surface area contributed by atoms with Gasteiger partial charge < -0.3 is 10.3 Å². The minimum Gasteiger partial charge on any atom is -0.381 e. The van der Waals surface area contributed by atoms with Crippen LogP contribution < -0.4 is 5.32 Å². The number of aliphatic imine (C=N–C) groups is 1. The fraction of sp³-hybridized carbons (Fsp3) is 0.500. The highest BCUT2D eigenvalue weighted by Gasteiger charge is 2.22. The van der Waals surface area contributed by atoms with Gasteiger partial charge in [0.05, 0.1) is 22.9 Å². The number of aromatic nitrogens is 1. The van der Waals surface area contributed by atoms with Crippen LogP contribution in [-0.4, -0.2) is 34.4 Å². The molecule has 0 bridgehead atoms. The number of azide groups is 1. The van der Waals surface area contributed by atoms with E-state index < -0.39 is 0 Å². The Balaban J connectivity index is 1.59. The molecule has 136 valence electrons. The van der Waals surface area contributed by atoms with Gasteiger partial charge in [0, 0.05) is 28.6 Å². The average molecular weight is 372 g/mol. The van der Waals surface area contributed by atoms with E-state index in [2.05, 4.69) is 20.3 Å². The van der Waals surface area contributed by atoms with Crippen LogP contribution in [0.25, 0.3) is 21.3 Å². The summed E-state index contributed by atoms with van der Waals surface area (Å²) in [5, 5.41) is 8.90. The highest BCUT2D eigenvalue weighted by atomic mass is 32.2. The lowest BCUT2D eigenvalue weighted by atomic mass is 10.2. The Labute approximate surface area is 155 Å². The van der Waals surface area contributed by atoms with Crippen molar-refractivity contribution in [3.05, 3.63) is 40.2 Å². The predicted molar refractivity (Wildman–Crippen MR) is 106 cm³/mol. The number of nitrogens with one attached hydrogen (secondary N) is 2. The van der Waals surface area contributed by atoms with Crippen LogP contribution in [0.5, 0.6) is 0 Å². The van der Waals surface area contributed by atoms with Crippen LogP contribution in [0.3, 0.4) is 0 Å². The van der Waals surface area contributed by atoms with Gasteiger partial charge in [0.15, 0.2) is 0 Å². The Kier molecular flexibility index (Phi) is 5.04. The van der Waals surface area contributed by atoms with Gasteiger partial charge in [-0.1, -0.05) is 18.0 Å². The second-order valence-electron chi connectivity index (χ2n) is 6.87. The van der Waals surface area contributed by atoms with E-state index in [0.29, 0.717) is 12.6 Å². The standard InChI is InChI=1S/C18H21FN6S/c19-12-7-11-8-16(18-23-14(10-26-18)5-6-21-25-20)24-17(11)15(9-12)22-13-3-1-2-4-13/h7-9,13-14,22,24H,1-6,10H2/t14-/m1/s1. The summed E-state index contributed by atoms with van der Waals surface area (Å²) in [6, 6.07) is 5.71. The molecular weight excluding hydrogens is 351 g/mol. The van der Waals surface area contributed by atoms with Crippen LogP contribution in [0.15, 0.2) is 28.3 Å². The number of aromatic amines is 1. The third-order valence-corrected chi connectivity index (χ3v) is 6.13. The van der Waals surface area contributed by atoms with Gasteiger partial charge in [-0.25, -0.2) is 4.39 Å². The molecule has 0 radical (unpaired) electrons. The molecule has 2 aromatic rings. The van der Waals surface area contributed by atoms with Crippen molar-refractivity contribution in [3.63, 3.8) is 0 Å². The summed E-state index contributed by atoms with van der Waals surface area (Å²) in [7, 11) is 0. The number of thioether (sulfide) groups is 1. The lowest BCUT2D eigenvalue weighted by Crippen LogP contribution is -2.14. The lowest BCUT2D eigenvalue weighted by molar-refractivity contribution is 0.629. The van der Waals surface area contributed by atoms with Crippen molar-refractivity contribution >= 4 is 33.4 Å². The van der Waals surface area contributed by atoms with Gasteiger partial charge in [-0.05, 0) is 43.0 Å². The van der Waals surface area contributed by atoms with Crippen LogP contribution in [0, 0.1) is 5.82 Å². The number of rotatable bonds is 6. The van der Waals surface area contributed by atoms with E-state index in [-0.39, 0.29) is 11.9 Å². The van der Waals surface area contributed by atoms with Gasteiger partial charge in [0.2, 0.25) is 0 Å².